The summed E-state index contributed by atoms with van der Waals surface area (Å²) in [6.45, 7) is 0.702. The molecule has 6 N–H and O–H groups in total. The molecule has 128 valence electrons. The second-order valence-electron chi connectivity index (χ2n) is 5.29. The van der Waals surface area contributed by atoms with E-state index in [1.165, 1.54) is 0 Å². The lowest BCUT2D eigenvalue weighted by atomic mass is 10.1. The molecule has 0 aromatic heterocycles. The molecule has 0 spiro atoms. The molecule has 1 amide bonds. The van der Waals surface area contributed by atoms with Gasteiger partial charge >= 0.3 is 5.97 Å². The number of rotatable bonds is 11. The third kappa shape index (κ3) is 7.73. The third-order valence-electron chi connectivity index (χ3n) is 3.32. The zero-order valence-electron chi connectivity index (χ0n) is 13.1. The molecular formula is C16H25N3O4. The van der Waals surface area contributed by atoms with Crippen LogP contribution in [-0.2, 0) is 20.9 Å². The van der Waals surface area contributed by atoms with Gasteiger partial charge in [0.1, 0.15) is 0 Å². The smallest absolute Gasteiger partial charge is 0.328 e. The van der Waals surface area contributed by atoms with Crippen molar-refractivity contribution in [2.75, 3.05) is 13.2 Å². The molecule has 1 aromatic rings. The van der Waals surface area contributed by atoms with E-state index in [2.05, 4.69) is 5.32 Å². The standard InChI is InChI=1S/C16H25N3O4/c17-9-5-4-8-13(18)15(20)19-14(16(21)22)11-23-10-12-6-2-1-3-7-12/h1-3,6-7,13-14H,4-5,8-11,17-18H2,(H,19,20)(H,21,22)/t13-,14-/m0/s1. The molecular weight excluding hydrogens is 298 g/mol. The van der Waals surface area contributed by atoms with Crippen LogP contribution >= 0.6 is 0 Å². The minimum absolute atomic E-state index is 0.120. The topological polar surface area (TPSA) is 128 Å². The van der Waals surface area contributed by atoms with Gasteiger partial charge in [-0.1, -0.05) is 36.8 Å². The van der Waals surface area contributed by atoms with Crippen LogP contribution in [-0.4, -0.2) is 42.2 Å². The molecule has 2 atom stereocenters. The van der Waals surface area contributed by atoms with Gasteiger partial charge in [0.25, 0.3) is 0 Å². The fraction of sp³-hybridized carbons (Fsp3) is 0.500. The van der Waals surface area contributed by atoms with Crippen LogP contribution in [0.15, 0.2) is 30.3 Å². The van der Waals surface area contributed by atoms with Gasteiger partial charge in [-0.05, 0) is 24.9 Å². The Hall–Kier alpha value is -1.96. The number of aliphatic carboxylic acids is 1. The lowest BCUT2D eigenvalue weighted by molar-refractivity contribution is -0.144. The predicted molar refractivity (Wildman–Crippen MR) is 86.5 cm³/mol. The summed E-state index contributed by atoms with van der Waals surface area (Å²) in [5.74, 6) is -1.64. The molecule has 0 saturated carbocycles. The average Bonchev–Trinajstić information content (AvgIpc) is 2.54. The van der Waals surface area contributed by atoms with E-state index in [0.29, 0.717) is 13.0 Å². The number of ether oxygens (including phenoxy) is 1. The number of carboxylic acids is 1. The van der Waals surface area contributed by atoms with Crippen molar-refractivity contribution < 1.29 is 19.4 Å². The maximum absolute atomic E-state index is 11.9. The maximum atomic E-state index is 11.9. The Balaban J connectivity index is 2.39. The summed E-state index contributed by atoms with van der Waals surface area (Å²) in [5.41, 5.74) is 12.0. The number of hydrogen-bond acceptors (Lipinski definition) is 5. The van der Waals surface area contributed by atoms with E-state index < -0.39 is 24.0 Å². The molecule has 0 fully saturated rings. The number of benzene rings is 1. The fourth-order valence-electron chi connectivity index (χ4n) is 1.96. The fourth-order valence-corrected chi connectivity index (χ4v) is 1.96. The molecule has 7 nitrogen and oxygen atoms in total. The molecule has 1 aromatic carbocycles. The van der Waals surface area contributed by atoms with Crippen LogP contribution in [0.25, 0.3) is 0 Å². The highest BCUT2D eigenvalue weighted by Crippen LogP contribution is 2.02. The zero-order chi connectivity index (χ0) is 17.1. The molecule has 0 heterocycles. The van der Waals surface area contributed by atoms with Crippen LogP contribution in [0, 0.1) is 0 Å². The van der Waals surface area contributed by atoms with Crippen molar-refractivity contribution >= 4 is 11.9 Å². The molecule has 7 heteroatoms. The van der Waals surface area contributed by atoms with E-state index in [1.807, 2.05) is 30.3 Å². The highest BCUT2D eigenvalue weighted by Gasteiger charge is 2.23. The van der Waals surface area contributed by atoms with Crippen LogP contribution in [0.3, 0.4) is 0 Å². The van der Waals surface area contributed by atoms with Crippen LogP contribution in [0.5, 0.6) is 0 Å². The van der Waals surface area contributed by atoms with Gasteiger partial charge in [0, 0.05) is 0 Å². The van der Waals surface area contributed by atoms with Gasteiger partial charge in [0.2, 0.25) is 5.91 Å². The van der Waals surface area contributed by atoms with Crippen LogP contribution < -0.4 is 16.8 Å². The van der Waals surface area contributed by atoms with E-state index in [1.54, 1.807) is 0 Å². The van der Waals surface area contributed by atoms with E-state index in [-0.39, 0.29) is 13.2 Å². The normalized spacial score (nSPS) is 13.3. The summed E-state index contributed by atoms with van der Waals surface area (Å²) >= 11 is 0. The second-order valence-corrected chi connectivity index (χ2v) is 5.29. The van der Waals surface area contributed by atoms with Gasteiger partial charge in [-0.2, -0.15) is 0 Å². The number of hydrogen-bond donors (Lipinski definition) is 4. The van der Waals surface area contributed by atoms with Gasteiger partial charge in [-0.15, -0.1) is 0 Å². The van der Waals surface area contributed by atoms with Crippen molar-refractivity contribution in [3.05, 3.63) is 35.9 Å². The minimum Gasteiger partial charge on any atom is -0.480 e. The first kappa shape index (κ1) is 19.1. The first-order chi connectivity index (χ1) is 11.0. The monoisotopic (exact) mass is 323 g/mol. The third-order valence-corrected chi connectivity index (χ3v) is 3.32. The number of amides is 1. The quantitative estimate of drug-likeness (QED) is 0.432. The van der Waals surface area contributed by atoms with E-state index >= 15 is 0 Å². The highest BCUT2D eigenvalue weighted by molar-refractivity contribution is 5.86. The summed E-state index contributed by atoms with van der Waals surface area (Å²) in [6, 6.07) is 7.52. The Morgan fingerprint density at radius 2 is 1.91 bits per heavy atom. The first-order valence-corrected chi connectivity index (χ1v) is 7.65. The summed E-state index contributed by atoms with van der Waals surface area (Å²) in [7, 11) is 0. The van der Waals surface area contributed by atoms with Gasteiger partial charge in [0.05, 0.1) is 19.3 Å². The Kier molecular flexibility index (Phi) is 8.89. The van der Waals surface area contributed by atoms with E-state index in [4.69, 9.17) is 21.3 Å². The molecule has 0 unspecified atom stereocenters. The number of carbonyl (C=O) groups is 2. The Bertz CT molecular complexity index is 481. The number of nitrogens with one attached hydrogen (secondary N) is 1. The molecule has 23 heavy (non-hydrogen) atoms. The van der Waals surface area contributed by atoms with Crippen LogP contribution in [0.4, 0.5) is 0 Å². The van der Waals surface area contributed by atoms with Crippen molar-refractivity contribution in [2.24, 2.45) is 11.5 Å². The van der Waals surface area contributed by atoms with E-state index in [0.717, 1.165) is 18.4 Å². The molecule has 0 bridgehead atoms. The molecule has 1 rings (SSSR count). The van der Waals surface area contributed by atoms with Crippen LogP contribution in [0.2, 0.25) is 0 Å². The highest BCUT2D eigenvalue weighted by atomic mass is 16.5. The zero-order valence-corrected chi connectivity index (χ0v) is 13.1. The Morgan fingerprint density at radius 3 is 2.52 bits per heavy atom. The first-order valence-electron chi connectivity index (χ1n) is 7.65. The second kappa shape index (κ2) is 10.7. The number of nitrogens with two attached hydrogens (primary N) is 2. The summed E-state index contributed by atoms with van der Waals surface area (Å²) < 4.78 is 5.37. The lowest BCUT2D eigenvalue weighted by Gasteiger charge is -2.18. The summed E-state index contributed by atoms with van der Waals surface area (Å²) in [6.07, 6.45) is 1.98. The molecule has 0 aliphatic rings. The number of unbranched alkanes of at least 4 members (excludes halogenated alkanes) is 1. The summed E-state index contributed by atoms with van der Waals surface area (Å²) in [4.78, 5) is 23.1. The number of carbonyl (C=O) groups excluding carboxylic acids is 1. The van der Waals surface area contributed by atoms with Gasteiger partial charge in [-0.25, -0.2) is 4.79 Å². The lowest BCUT2D eigenvalue weighted by Crippen LogP contribution is -2.50. The van der Waals surface area contributed by atoms with Crippen molar-refractivity contribution in [2.45, 2.75) is 38.0 Å². The number of carboxylic acid groups (broad SMARTS) is 1. The maximum Gasteiger partial charge on any atom is 0.328 e. The SMILES string of the molecule is NCCCC[C@H](N)C(=O)N[C@@H](COCc1ccccc1)C(=O)O. The van der Waals surface area contributed by atoms with E-state index in [9.17, 15) is 9.59 Å². The average molecular weight is 323 g/mol. The predicted octanol–water partition coefficient (Wildman–Crippen LogP) is 0.229. The molecule has 0 aliphatic heterocycles. The van der Waals surface area contributed by atoms with Gasteiger partial charge in [0.15, 0.2) is 6.04 Å². The minimum atomic E-state index is -1.15. The van der Waals surface area contributed by atoms with Crippen molar-refractivity contribution in [1.82, 2.24) is 5.32 Å². The van der Waals surface area contributed by atoms with Crippen molar-refractivity contribution in [3.8, 4) is 0 Å². The Labute approximate surface area is 136 Å². The van der Waals surface area contributed by atoms with Crippen LogP contribution in [0.1, 0.15) is 24.8 Å². The van der Waals surface area contributed by atoms with Gasteiger partial charge < -0.3 is 26.6 Å². The molecule has 0 radical (unpaired) electrons. The molecule has 0 aliphatic carbocycles. The van der Waals surface area contributed by atoms with Crippen molar-refractivity contribution in [1.29, 1.82) is 0 Å². The van der Waals surface area contributed by atoms with Crippen molar-refractivity contribution in [3.63, 3.8) is 0 Å². The van der Waals surface area contributed by atoms with Gasteiger partial charge in [-0.3, -0.25) is 4.79 Å². The Morgan fingerprint density at radius 1 is 1.22 bits per heavy atom. The largest absolute Gasteiger partial charge is 0.480 e. The summed E-state index contributed by atoms with van der Waals surface area (Å²) in [5, 5.41) is 11.6. The molecule has 0 saturated heterocycles.